The van der Waals surface area contributed by atoms with E-state index in [4.69, 9.17) is 23.2 Å². The van der Waals surface area contributed by atoms with Gasteiger partial charge < -0.3 is 0 Å². The number of hydrogen-bond acceptors (Lipinski definition) is 2. The Kier molecular flexibility index (Phi) is 4.06. The molecule has 78 valence electrons. The largest absolute Gasteiger partial charge is 0.276 e. The maximum absolute atomic E-state index is 11.0. The summed E-state index contributed by atoms with van der Waals surface area (Å²) < 4.78 is 0. The predicted molar refractivity (Wildman–Crippen MR) is 60.7 cm³/mol. The first kappa shape index (κ1) is 12.0. The van der Waals surface area contributed by atoms with Gasteiger partial charge in [-0.2, -0.15) is 0 Å². The lowest BCUT2D eigenvalue weighted by Crippen LogP contribution is -2.00. The van der Waals surface area contributed by atoms with Crippen molar-refractivity contribution < 1.29 is 9.59 Å². The molecule has 0 saturated carbocycles. The Labute approximate surface area is 97.5 Å². The van der Waals surface area contributed by atoms with Crippen molar-refractivity contribution >= 4 is 33.7 Å². The second kappa shape index (κ2) is 5.10. The lowest BCUT2D eigenvalue weighted by Gasteiger charge is -2.04. The lowest BCUT2D eigenvalue weighted by atomic mass is 10.0. The molecule has 0 N–H and O–H groups in total. The average Bonchev–Trinajstić information content (AvgIpc) is 2.17. The Bertz CT molecular complexity index is 425. The van der Waals surface area contributed by atoms with Crippen molar-refractivity contribution in [2.45, 2.75) is 6.42 Å². The van der Waals surface area contributed by atoms with Gasteiger partial charge in [-0.15, -0.1) is 6.58 Å². The van der Waals surface area contributed by atoms with Crippen LogP contribution in [0.15, 0.2) is 30.9 Å². The quantitative estimate of drug-likeness (QED) is 0.601. The molecule has 0 fully saturated rings. The van der Waals surface area contributed by atoms with Gasteiger partial charge in [0.1, 0.15) is 0 Å². The summed E-state index contributed by atoms with van der Waals surface area (Å²) in [6.45, 7) is 3.56. The van der Waals surface area contributed by atoms with Crippen LogP contribution in [0.2, 0.25) is 0 Å². The van der Waals surface area contributed by atoms with Gasteiger partial charge in [-0.05, 0) is 53.4 Å². The van der Waals surface area contributed by atoms with Crippen molar-refractivity contribution in [3.63, 3.8) is 0 Å². The van der Waals surface area contributed by atoms with E-state index in [0.717, 1.165) is 0 Å². The molecule has 1 aromatic carbocycles. The fourth-order valence-corrected chi connectivity index (χ4v) is 1.53. The highest BCUT2D eigenvalue weighted by Crippen LogP contribution is 2.16. The molecule has 1 aromatic rings. The zero-order valence-electron chi connectivity index (χ0n) is 7.80. The van der Waals surface area contributed by atoms with E-state index in [1.54, 1.807) is 12.1 Å². The maximum atomic E-state index is 11.0. The van der Waals surface area contributed by atoms with E-state index in [2.05, 4.69) is 6.58 Å². The number of halogens is 2. The van der Waals surface area contributed by atoms with E-state index in [1.807, 2.05) is 0 Å². The predicted octanol–water partition coefficient (Wildman–Crippen LogP) is 3.17. The molecule has 2 nitrogen and oxygen atoms in total. The Morgan fingerprint density at radius 1 is 1.27 bits per heavy atom. The number of allylic oxidation sites excluding steroid dienone is 1. The second-order valence-corrected chi connectivity index (χ2v) is 3.60. The smallest absolute Gasteiger partial charge is 0.252 e. The second-order valence-electron chi connectivity index (χ2n) is 2.91. The Hall–Kier alpha value is -1.12. The topological polar surface area (TPSA) is 34.1 Å². The zero-order valence-corrected chi connectivity index (χ0v) is 9.31. The van der Waals surface area contributed by atoms with Crippen LogP contribution in [0.1, 0.15) is 26.3 Å². The number of hydrogen-bond donors (Lipinski definition) is 0. The summed E-state index contributed by atoms with van der Waals surface area (Å²) in [5, 5.41) is -1.12. The van der Waals surface area contributed by atoms with Crippen molar-refractivity contribution in [1.82, 2.24) is 0 Å². The van der Waals surface area contributed by atoms with Crippen LogP contribution in [-0.2, 0) is 6.42 Å². The molecule has 0 aliphatic rings. The van der Waals surface area contributed by atoms with Crippen LogP contribution in [0.5, 0.6) is 0 Å². The monoisotopic (exact) mass is 242 g/mol. The number of benzene rings is 1. The fraction of sp³-hybridized carbons (Fsp3) is 0.0909. The molecular formula is C11H8Cl2O2. The van der Waals surface area contributed by atoms with Crippen LogP contribution in [0.25, 0.3) is 0 Å². The van der Waals surface area contributed by atoms with Crippen LogP contribution < -0.4 is 0 Å². The third-order valence-corrected chi connectivity index (χ3v) is 2.33. The van der Waals surface area contributed by atoms with E-state index in [9.17, 15) is 9.59 Å². The summed E-state index contributed by atoms with van der Waals surface area (Å²) in [4.78, 5) is 21.9. The van der Waals surface area contributed by atoms with Gasteiger partial charge in [0.05, 0.1) is 0 Å². The number of carbonyl (C=O) groups is 2. The average molecular weight is 243 g/mol. The lowest BCUT2D eigenvalue weighted by molar-refractivity contribution is 0.106. The van der Waals surface area contributed by atoms with Gasteiger partial charge in [0.25, 0.3) is 10.5 Å². The molecule has 0 bridgehead atoms. The first-order valence-electron chi connectivity index (χ1n) is 4.19. The number of rotatable bonds is 4. The minimum absolute atomic E-state index is 0.343. The van der Waals surface area contributed by atoms with E-state index in [0.29, 0.717) is 23.1 Å². The van der Waals surface area contributed by atoms with Gasteiger partial charge in [0.2, 0.25) is 0 Å². The van der Waals surface area contributed by atoms with E-state index >= 15 is 0 Å². The molecule has 0 amide bonds. The first-order valence-corrected chi connectivity index (χ1v) is 4.95. The summed E-state index contributed by atoms with van der Waals surface area (Å²) in [5.41, 5.74) is 1.37. The molecule has 0 aliphatic heterocycles. The summed E-state index contributed by atoms with van der Waals surface area (Å²) in [5.74, 6) is 0. The minimum Gasteiger partial charge on any atom is -0.276 e. The van der Waals surface area contributed by atoms with Crippen LogP contribution >= 0.6 is 23.2 Å². The zero-order chi connectivity index (χ0) is 11.4. The molecule has 0 unspecified atom stereocenters. The van der Waals surface area contributed by atoms with E-state index in [-0.39, 0.29) is 0 Å². The highest BCUT2D eigenvalue weighted by Gasteiger charge is 2.11. The highest BCUT2D eigenvalue weighted by molar-refractivity contribution is 6.68. The minimum atomic E-state index is -0.561. The SMILES string of the molecule is C=CCc1cc(C(=O)Cl)ccc1C(=O)Cl. The standard InChI is InChI=1S/C11H8Cl2O2/c1-2-3-7-6-8(10(12)14)4-5-9(7)11(13)15/h2,4-6H,1,3H2. The van der Waals surface area contributed by atoms with Gasteiger partial charge in [-0.25, -0.2) is 0 Å². The van der Waals surface area contributed by atoms with Crippen molar-refractivity contribution in [1.29, 1.82) is 0 Å². The molecule has 4 heteroatoms. The normalized spacial score (nSPS) is 9.73. The molecule has 0 aliphatic carbocycles. The molecule has 0 saturated heterocycles. The van der Waals surface area contributed by atoms with Gasteiger partial charge in [-0.3, -0.25) is 9.59 Å². The van der Waals surface area contributed by atoms with Crippen molar-refractivity contribution in [2.75, 3.05) is 0 Å². The van der Waals surface area contributed by atoms with Crippen LogP contribution in [0, 0.1) is 0 Å². The molecular weight excluding hydrogens is 235 g/mol. The Balaban J connectivity index is 3.25. The summed E-state index contributed by atoms with van der Waals surface area (Å²) >= 11 is 10.7. The van der Waals surface area contributed by atoms with Gasteiger partial charge in [-0.1, -0.05) is 6.08 Å². The van der Waals surface area contributed by atoms with Crippen molar-refractivity contribution in [2.24, 2.45) is 0 Å². The molecule has 0 heterocycles. The maximum Gasteiger partial charge on any atom is 0.252 e. The third kappa shape index (κ3) is 2.91. The molecule has 0 spiro atoms. The number of carbonyl (C=O) groups excluding carboxylic acids is 2. The van der Waals surface area contributed by atoms with Crippen LogP contribution in [0.4, 0.5) is 0 Å². The van der Waals surface area contributed by atoms with Gasteiger partial charge in [0, 0.05) is 11.1 Å². The molecule has 0 radical (unpaired) electrons. The third-order valence-electron chi connectivity index (χ3n) is 1.91. The molecule has 1 rings (SSSR count). The van der Waals surface area contributed by atoms with E-state index < -0.39 is 10.5 Å². The summed E-state index contributed by atoms with van der Waals surface area (Å²) in [6.07, 6.45) is 2.09. The van der Waals surface area contributed by atoms with Crippen LogP contribution in [0.3, 0.4) is 0 Å². The molecule has 0 atom stereocenters. The Morgan fingerprint density at radius 3 is 2.40 bits per heavy atom. The van der Waals surface area contributed by atoms with Crippen LogP contribution in [-0.4, -0.2) is 10.5 Å². The first-order chi connectivity index (χ1) is 7.06. The Morgan fingerprint density at radius 2 is 1.93 bits per heavy atom. The molecule has 15 heavy (non-hydrogen) atoms. The molecule has 0 aromatic heterocycles. The van der Waals surface area contributed by atoms with Crippen molar-refractivity contribution in [3.8, 4) is 0 Å². The van der Waals surface area contributed by atoms with Gasteiger partial charge in [0.15, 0.2) is 0 Å². The fourth-order valence-electron chi connectivity index (χ4n) is 1.23. The summed E-state index contributed by atoms with van der Waals surface area (Å²) in [6, 6.07) is 4.51. The highest BCUT2D eigenvalue weighted by atomic mass is 35.5. The summed E-state index contributed by atoms with van der Waals surface area (Å²) in [7, 11) is 0. The van der Waals surface area contributed by atoms with Crippen molar-refractivity contribution in [3.05, 3.63) is 47.5 Å². The van der Waals surface area contributed by atoms with E-state index in [1.165, 1.54) is 12.1 Å². The van der Waals surface area contributed by atoms with Gasteiger partial charge >= 0.3 is 0 Å².